The van der Waals surface area contributed by atoms with Crippen molar-refractivity contribution in [3.8, 4) is 0 Å². The maximum Gasteiger partial charge on any atom is 0.351 e. The first kappa shape index (κ1) is 34.4. The molecule has 3 N–H and O–H groups in total. The minimum atomic E-state index is -0.503. The summed E-state index contributed by atoms with van der Waals surface area (Å²) in [5.41, 5.74) is 0.0795. The summed E-state index contributed by atoms with van der Waals surface area (Å²) >= 11 is 0. The molecular weight excluding hydrogens is 616 g/mol. The second kappa shape index (κ2) is 15.7. The molecule has 2 aromatic heterocycles. The Morgan fingerprint density at radius 3 is 1.50 bits per heavy atom. The second-order valence-corrected chi connectivity index (χ2v) is 11.9. The minimum Gasteiger partial charge on any atom is -0.394 e. The number of carbonyl (C=O) groups is 2. The van der Waals surface area contributed by atoms with Crippen LogP contribution in [0.5, 0.6) is 0 Å². The molecule has 0 bridgehead atoms. The van der Waals surface area contributed by atoms with Crippen LogP contribution in [-0.4, -0.2) is 54.8 Å². The highest BCUT2D eigenvalue weighted by molar-refractivity contribution is 6.04. The molecule has 13 heteroatoms. The molecule has 6 rings (SSSR count). The Hall–Kier alpha value is -4.98. The van der Waals surface area contributed by atoms with Gasteiger partial charge in [0.1, 0.15) is 24.1 Å². The summed E-state index contributed by atoms with van der Waals surface area (Å²) in [6.45, 7) is 6.09. The van der Waals surface area contributed by atoms with Crippen molar-refractivity contribution < 1.29 is 24.2 Å². The number of nitrogens with one attached hydrogen (secondary N) is 2. The van der Waals surface area contributed by atoms with Crippen LogP contribution in [0.4, 0.5) is 11.6 Å². The lowest BCUT2D eigenvalue weighted by atomic mass is 10.0. The Morgan fingerprint density at radius 1 is 0.729 bits per heavy atom. The molecule has 6 atom stereocenters. The number of anilines is 2. The predicted molar refractivity (Wildman–Crippen MR) is 179 cm³/mol. The molecule has 252 valence electrons. The van der Waals surface area contributed by atoms with Gasteiger partial charge in [-0.25, -0.2) is 9.59 Å². The van der Waals surface area contributed by atoms with E-state index in [0.29, 0.717) is 23.5 Å². The molecule has 2 amide bonds. The Bertz CT molecular complexity index is 1680. The first-order valence-corrected chi connectivity index (χ1v) is 16.0. The molecule has 0 aliphatic carbocycles. The lowest BCUT2D eigenvalue weighted by molar-refractivity contribution is -0.0312. The van der Waals surface area contributed by atoms with E-state index in [1.807, 2.05) is 19.1 Å². The van der Waals surface area contributed by atoms with Gasteiger partial charge < -0.3 is 25.2 Å². The number of hydrogen-bond acceptors (Lipinski definition) is 9. The van der Waals surface area contributed by atoms with Gasteiger partial charge in [0.15, 0.2) is 0 Å². The van der Waals surface area contributed by atoms with Gasteiger partial charge in [-0.1, -0.05) is 57.2 Å². The summed E-state index contributed by atoms with van der Waals surface area (Å²) in [6, 6.07) is 20.7. The molecule has 0 radical (unpaired) electrons. The third-order valence-electron chi connectivity index (χ3n) is 8.50. The van der Waals surface area contributed by atoms with Gasteiger partial charge >= 0.3 is 11.4 Å². The SMILES string of the molecule is CC[C@H]1O[C@@H](n2ccc(NC(=O)c3ccccc3)nc2=O)C[C@@H]1C.C[C@H]1C[C@H](n2ccc(NC(=O)c3ccccc3)nc2=O)O[C@@H]1CO. The average Bonchev–Trinajstić information content (AvgIpc) is 3.66. The van der Waals surface area contributed by atoms with Gasteiger partial charge in [0.25, 0.3) is 11.8 Å². The summed E-state index contributed by atoms with van der Waals surface area (Å²) < 4.78 is 14.5. The Balaban J connectivity index is 0.000000188. The zero-order valence-electron chi connectivity index (χ0n) is 27.1. The van der Waals surface area contributed by atoms with E-state index in [9.17, 15) is 24.3 Å². The van der Waals surface area contributed by atoms with E-state index in [1.165, 1.54) is 9.13 Å². The van der Waals surface area contributed by atoms with Crippen molar-refractivity contribution >= 4 is 23.5 Å². The molecule has 0 saturated carbocycles. The smallest absolute Gasteiger partial charge is 0.351 e. The van der Waals surface area contributed by atoms with E-state index in [1.54, 1.807) is 73.1 Å². The maximum atomic E-state index is 12.3. The number of aromatic nitrogens is 4. The van der Waals surface area contributed by atoms with E-state index in [-0.39, 0.29) is 54.4 Å². The topological polar surface area (TPSA) is 167 Å². The highest BCUT2D eigenvalue weighted by Gasteiger charge is 2.34. The fourth-order valence-electron chi connectivity index (χ4n) is 5.76. The van der Waals surface area contributed by atoms with Gasteiger partial charge in [0, 0.05) is 23.5 Å². The Kier molecular flexibility index (Phi) is 11.3. The maximum absolute atomic E-state index is 12.3. The summed E-state index contributed by atoms with van der Waals surface area (Å²) in [6.07, 6.45) is 4.67. The number of aliphatic hydroxyl groups excluding tert-OH is 1. The third kappa shape index (κ3) is 8.29. The Labute approximate surface area is 277 Å². The molecule has 4 aromatic rings. The lowest BCUT2D eigenvalue weighted by Gasteiger charge is -2.15. The number of hydrogen-bond donors (Lipinski definition) is 3. The van der Waals surface area contributed by atoms with Crippen molar-refractivity contribution in [3.63, 3.8) is 0 Å². The summed E-state index contributed by atoms with van der Waals surface area (Å²) in [5.74, 6) is 0.370. The second-order valence-electron chi connectivity index (χ2n) is 11.9. The van der Waals surface area contributed by atoms with Crippen LogP contribution in [-0.2, 0) is 9.47 Å². The van der Waals surface area contributed by atoms with Crippen LogP contribution in [0.25, 0.3) is 0 Å². The van der Waals surface area contributed by atoms with Crippen molar-refractivity contribution in [2.45, 2.75) is 64.7 Å². The molecule has 2 saturated heterocycles. The van der Waals surface area contributed by atoms with E-state index in [2.05, 4.69) is 34.4 Å². The van der Waals surface area contributed by atoms with Crippen LogP contribution in [0.15, 0.2) is 94.8 Å². The highest BCUT2D eigenvalue weighted by atomic mass is 16.5. The van der Waals surface area contributed by atoms with Crippen molar-refractivity contribution in [2.24, 2.45) is 11.8 Å². The number of rotatable bonds is 8. The van der Waals surface area contributed by atoms with Gasteiger partial charge in [-0.05, 0) is 67.5 Å². The summed E-state index contributed by atoms with van der Waals surface area (Å²) in [5, 5.41) is 14.5. The number of benzene rings is 2. The largest absolute Gasteiger partial charge is 0.394 e. The minimum absolute atomic E-state index is 0.0783. The van der Waals surface area contributed by atoms with Crippen molar-refractivity contribution in [1.29, 1.82) is 0 Å². The number of ether oxygens (including phenoxy) is 2. The number of aliphatic hydroxyl groups is 1. The van der Waals surface area contributed by atoms with Crippen LogP contribution in [0.2, 0.25) is 0 Å². The predicted octanol–water partition coefficient (Wildman–Crippen LogP) is 4.24. The first-order chi connectivity index (χ1) is 23.2. The molecule has 13 nitrogen and oxygen atoms in total. The third-order valence-corrected chi connectivity index (χ3v) is 8.50. The van der Waals surface area contributed by atoms with Gasteiger partial charge in [-0.3, -0.25) is 18.7 Å². The van der Waals surface area contributed by atoms with Gasteiger partial charge in [-0.2, -0.15) is 9.97 Å². The van der Waals surface area contributed by atoms with Crippen LogP contribution < -0.4 is 22.0 Å². The fourth-order valence-corrected chi connectivity index (χ4v) is 5.76. The molecule has 2 fully saturated rings. The Morgan fingerprint density at radius 2 is 1.15 bits per heavy atom. The molecule has 4 heterocycles. The number of carbonyl (C=O) groups excluding carboxylic acids is 2. The van der Waals surface area contributed by atoms with Crippen molar-refractivity contribution in [2.75, 3.05) is 17.2 Å². The zero-order valence-corrected chi connectivity index (χ0v) is 27.1. The van der Waals surface area contributed by atoms with Crippen LogP contribution in [0, 0.1) is 11.8 Å². The van der Waals surface area contributed by atoms with Crippen LogP contribution in [0.3, 0.4) is 0 Å². The molecule has 48 heavy (non-hydrogen) atoms. The molecule has 2 aromatic carbocycles. The van der Waals surface area contributed by atoms with E-state index >= 15 is 0 Å². The molecular formula is C35H40N6O7. The van der Waals surface area contributed by atoms with E-state index in [4.69, 9.17) is 9.47 Å². The van der Waals surface area contributed by atoms with Gasteiger partial charge in [0.2, 0.25) is 0 Å². The van der Waals surface area contributed by atoms with Crippen LogP contribution in [0.1, 0.15) is 73.2 Å². The molecule has 2 aliphatic rings. The summed E-state index contributed by atoms with van der Waals surface area (Å²) in [7, 11) is 0. The van der Waals surface area contributed by atoms with Gasteiger partial charge in [-0.15, -0.1) is 0 Å². The van der Waals surface area contributed by atoms with E-state index in [0.717, 1.165) is 12.8 Å². The van der Waals surface area contributed by atoms with Gasteiger partial charge in [0.05, 0.1) is 18.8 Å². The first-order valence-electron chi connectivity index (χ1n) is 16.0. The van der Waals surface area contributed by atoms with Crippen molar-refractivity contribution in [3.05, 3.63) is 117 Å². The molecule has 2 aliphatic heterocycles. The number of nitrogens with zero attached hydrogens (tertiary/aromatic N) is 4. The average molecular weight is 657 g/mol. The van der Waals surface area contributed by atoms with Crippen LogP contribution >= 0.6 is 0 Å². The highest BCUT2D eigenvalue weighted by Crippen LogP contribution is 2.34. The normalized spacial score (nSPS) is 23.2. The quantitative estimate of drug-likeness (QED) is 0.251. The summed E-state index contributed by atoms with van der Waals surface area (Å²) in [4.78, 5) is 56.5. The molecule has 0 spiro atoms. The monoisotopic (exact) mass is 656 g/mol. The fraction of sp³-hybridized carbons (Fsp3) is 0.371. The zero-order chi connectivity index (χ0) is 34.2. The lowest BCUT2D eigenvalue weighted by Crippen LogP contribution is -2.28. The standard InChI is InChI=1S/C18H21N3O3.C17H19N3O4/c1-3-14-12(2)11-16(24-14)21-10-9-15(20-18(21)23)19-17(22)13-7-5-4-6-8-13;1-11-9-15(24-13(11)10-21)20-8-7-14(19-17(20)23)18-16(22)12-5-3-2-4-6-12/h4-10,12,14,16H,3,11H2,1-2H3,(H,19,20,22,23);2-8,11,13,15,21H,9-10H2,1H3,(H,18,19,22,23)/t12-,14+,16+;11-,13+,15+/m00/s1. The molecule has 0 unspecified atom stereocenters. The number of amides is 2. The van der Waals surface area contributed by atoms with E-state index < -0.39 is 17.6 Å². The van der Waals surface area contributed by atoms with Crippen molar-refractivity contribution in [1.82, 2.24) is 19.1 Å².